The summed E-state index contributed by atoms with van der Waals surface area (Å²) < 4.78 is 7.38. The van der Waals surface area contributed by atoms with E-state index in [4.69, 9.17) is 16.2 Å². The van der Waals surface area contributed by atoms with Crippen molar-refractivity contribution in [3.63, 3.8) is 0 Å². The normalized spacial score (nSPS) is 10.7. The smallest absolute Gasteiger partial charge is 0.250 e. The lowest BCUT2D eigenvalue weighted by Crippen LogP contribution is -2.13. The number of hydrogen-bond acceptors (Lipinski definition) is 4. The summed E-state index contributed by atoms with van der Waals surface area (Å²) in [5.41, 5.74) is 11.5. The second-order valence-electron chi connectivity index (χ2n) is 4.43. The van der Waals surface area contributed by atoms with Crippen LogP contribution in [0, 0.1) is 0 Å². The Bertz CT molecular complexity index is 604. The van der Waals surface area contributed by atoms with Crippen molar-refractivity contribution < 1.29 is 9.53 Å². The van der Waals surface area contributed by atoms with E-state index in [0.29, 0.717) is 11.5 Å². The minimum atomic E-state index is -0.583. The van der Waals surface area contributed by atoms with Crippen molar-refractivity contribution >= 4 is 11.6 Å². The van der Waals surface area contributed by atoms with Gasteiger partial charge in [0.25, 0.3) is 5.91 Å². The van der Waals surface area contributed by atoms with Gasteiger partial charge >= 0.3 is 0 Å². The third-order valence-corrected chi connectivity index (χ3v) is 2.67. The lowest BCUT2D eigenvalue weighted by Gasteiger charge is -2.09. The first kappa shape index (κ1) is 12.9. The fraction of sp³-hybridized carbons (Fsp3) is 0.231. The second-order valence-corrected chi connectivity index (χ2v) is 4.43. The van der Waals surface area contributed by atoms with Gasteiger partial charge in [-0.2, -0.15) is 5.10 Å². The van der Waals surface area contributed by atoms with Gasteiger partial charge in [0, 0.05) is 6.04 Å². The van der Waals surface area contributed by atoms with Gasteiger partial charge in [0.1, 0.15) is 0 Å². The lowest BCUT2D eigenvalue weighted by molar-refractivity contribution is 0.100. The summed E-state index contributed by atoms with van der Waals surface area (Å²) in [5.74, 6) is 0.363. The van der Waals surface area contributed by atoms with Gasteiger partial charge in [-0.15, -0.1) is 0 Å². The molecule has 0 fully saturated rings. The molecule has 1 aromatic heterocycles. The molecule has 0 spiro atoms. The van der Waals surface area contributed by atoms with E-state index in [1.807, 2.05) is 13.8 Å². The Labute approximate surface area is 111 Å². The summed E-state index contributed by atoms with van der Waals surface area (Å²) in [6.07, 6.45) is 3.36. The van der Waals surface area contributed by atoms with Crippen LogP contribution < -0.4 is 16.2 Å². The van der Waals surface area contributed by atoms with Gasteiger partial charge in [0.2, 0.25) is 0 Å². The largest absolute Gasteiger partial charge is 0.452 e. The average molecular weight is 260 g/mol. The Balaban J connectivity index is 2.28. The number of primary amides is 1. The number of amides is 1. The van der Waals surface area contributed by atoms with Gasteiger partial charge in [0.15, 0.2) is 11.5 Å². The molecule has 0 bridgehead atoms. The number of ether oxygens (including phenoxy) is 1. The van der Waals surface area contributed by atoms with Crippen molar-refractivity contribution in [1.29, 1.82) is 0 Å². The van der Waals surface area contributed by atoms with Crippen molar-refractivity contribution in [3.05, 3.63) is 36.2 Å². The molecule has 1 aromatic carbocycles. The van der Waals surface area contributed by atoms with Crippen LogP contribution in [-0.2, 0) is 0 Å². The fourth-order valence-corrected chi connectivity index (χ4v) is 1.63. The fourth-order valence-electron chi connectivity index (χ4n) is 1.63. The number of carbonyl (C=O) groups excluding carboxylic acids is 1. The highest BCUT2D eigenvalue weighted by Gasteiger charge is 2.12. The van der Waals surface area contributed by atoms with Crippen LogP contribution >= 0.6 is 0 Å². The maximum Gasteiger partial charge on any atom is 0.250 e. The number of rotatable bonds is 4. The van der Waals surface area contributed by atoms with E-state index in [2.05, 4.69) is 5.10 Å². The van der Waals surface area contributed by atoms with E-state index in [9.17, 15) is 4.79 Å². The number of aromatic nitrogens is 2. The molecule has 0 atom stereocenters. The van der Waals surface area contributed by atoms with Gasteiger partial charge in [-0.05, 0) is 26.0 Å². The van der Waals surface area contributed by atoms with Crippen LogP contribution in [0.2, 0.25) is 0 Å². The second kappa shape index (κ2) is 5.01. The first-order chi connectivity index (χ1) is 8.99. The minimum absolute atomic E-state index is 0.229. The third-order valence-electron chi connectivity index (χ3n) is 2.67. The Morgan fingerprint density at radius 3 is 2.74 bits per heavy atom. The number of para-hydroxylation sites is 1. The molecule has 0 saturated carbocycles. The van der Waals surface area contributed by atoms with Crippen molar-refractivity contribution in [2.45, 2.75) is 19.9 Å². The van der Waals surface area contributed by atoms with Crippen LogP contribution in [-0.4, -0.2) is 15.7 Å². The Morgan fingerprint density at radius 1 is 1.42 bits per heavy atom. The molecule has 6 heteroatoms. The third kappa shape index (κ3) is 2.67. The van der Waals surface area contributed by atoms with Crippen LogP contribution in [0.1, 0.15) is 30.2 Å². The molecule has 19 heavy (non-hydrogen) atoms. The molecule has 2 rings (SSSR count). The average Bonchev–Trinajstić information content (AvgIpc) is 2.80. The molecule has 0 unspecified atom stereocenters. The van der Waals surface area contributed by atoms with Gasteiger partial charge in [0.05, 0.1) is 23.6 Å². The monoisotopic (exact) mass is 260 g/mol. The molecular weight excluding hydrogens is 244 g/mol. The number of anilines is 1. The predicted octanol–water partition coefficient (Wildman–Crippen LogP) is 1.94. The molecule has 1 amide bonds. The zero-order chi connectivity index (χ0) is 14.0. The molecule has 0 saturated heterocycles. The molecule has 0 aliphatic rings. The van der Waals surface area contributed by atoms with Gasteiger partial charge in [-0.1, -0.05) is 6.07 Å². The highest BCUT2D eigenvalue weighted by atomic mass is 16.5. The zero-order valence-electron chi connectivity index (χ0n) is 10.8. The first-order valence-corrected chi connectivity index (χ1v) is 5.89. The first-order valence-electron chi connectivity index (χ1n) is 5.89. The summed E-state index contributed by atoms with van der Waals surface area (Å²) in [6.45, 7) is 4.03. The highest BCUT2D eigenvalue weighted by molar-refractivity contribution is 5.99. The molecule has 1 heterocycles. The summed E-state index contributed by atoms with van der Waals surface area (Å²) in [5, 5.41) is 4.16. The number of nitrogens with two attached hydrogens (primary N) is 2. The summed E-state index contributed by atoms with van der Waals surface area (Å²) in [4.78, 5) is 11.2. The molecule has 0 aliphatic heterocycles. The predicted molar refractivity (Wildman–Crippen MR) is 72.1 cm³/mol. The van der Waals surface area contributed by atoms with E-state index < -0.39 is 5.91 Å². The number of hydrogen-bond donors (Lipinski definition) is 2. The number of carbonyl (C=O) groups is 1. The minimum Gasteiger partial charge on any atom is -0.452 e. The number of nitrogen functional groups attached to an aromatic ring is 1. The SMILES string of the molecule is CC(C)n1cc(Oc2cccc(C(N)=O)c2N)cn1. The number of nitrogens with zero attached hydrogens (tertiary/aromatic N) is 2. The van der Waals surface area contributed by atoms with E-state index in [0.717, 1.165) is 0 Å². The standard InChI is InChI=1S/C13H16N4O2/c1-8(2)17-7-9(6-16-17)19-11-5-3-4-10(12(11)14)13(15)18/h3-8H,14H2,1-2H3,(H2,15,18). The van der Waals surface area contributed by atoms with Crippen LogP contribution in [0.15, 0.2) is 30.6 Å². The van der Waals surface area contributed by atoms with Gasteiger partial charge in [-0.25, -0.2) is 0 Å². The Hall–Kier alpha value is -2.50. The van der Waals surface area contributed by atoms with E-state index in [1.54, 1.807) is 35.3 Å². The molecule has 4 N–H and O–H groups in total. The molecule has 0 radical (unpaired) electrons. The van der Waals surface area contributed by atoms with E-state index in [-0.39, 0.29) is 17.3 Å². The maximum absolute atomic E-state index is 11.2. The van der Waals surface area contributed by atoms with Crippen molar-refractivity contribution in [3.8, 4) is 11.5 Å². The maximum atomic E-state index is 11.2. The number of benzene rings is 1. The molecular formula is C13H16N4O2. The van der Waals surface area contributed by atoms with Crippen LogP contribution in [0.25, 0.3) is 0 Å². The van der Waals surface area contributed by atoms with Crippen LogP contribution in [0.5, 0.6) is 11.5 Å². The van der Waals surface area contributed by atoms with Crippen LogP contribution in [0.3, 0.4) is 0 Å². The summed E-state index contributed by atoms with van der Waals surface area (Å²) in [6, 6.07) is 5.14. The molecule has 2 aromatic rings. The lowest BCUT2D eigenvalue weighted by atomic mass is 10.1. The molecule has 6 nitrogen and oxygen atoms in total. The van der Waals surface area contributed by atoms with Crippen molar-refractivity contribution in [2.75, 3.05) is 5.73 Å². The van der Waals surface area contributed by atoms with E-state index in [1.165, 1.54) is 0 Å². The molecule has 100 valence electrons. The van der Waals surface area contributed by atoms with Crippen LogP contribution in [0.4, 0.5) is 5.69 Å². The van der Waals surface area contributed by atoms with Crippen molar-refractivity contribution in [1.82, 2.24) is 9.78 Å². The Morgan fingerprint density at radius 2 is 2.16 bits per heavy atom. The zero-order valence-corrected chi connectivity index (χ0v) is 10.8. The quantitative estimate of drug-likeness (QED) is 0.821. The Kier molecular flexibility index (Phi) is 3.41. The van der Waals surface area contributed by atoms with Crippen molar-refractivity contribution in [2.24, 2.45) is 5.73 Å². The highest BCUT2D eigenvalue weighted by Crippen LogP contribution is 2.29. The van der Waals surface area contributed by atoms with E-state index >= 15 is 0 Å². The topological polar surface area (TPSA) is 96.2 Å². The van der Waals surface area contributed by atoms with Gasteiger partial charge < -0.3 is 16.2 Å². The summed E-state index contributed by atoms with van der Waals surface area (Å²) >= 11 is 0. The summed E-state index contributed by atoms with van der Waals surface area (Å²) in [7, 11) is 0. The molecule has 0 aliphatic carbocycles. The van der Waals surface area contributed by atoms with Gasteiger partial charge in [-0.3, -0.25) is 9.48 Å².